The van der Waals surface area contributed by atoms with Crippen LogP contribution >= 0.6 is 11.6 Å². The van der Waals surface area contributed by atoms with Gasteiger partial charge in [-0.1, -0.05) is 23.7 Å². The minimum Gasteiger partial charge on any atom is -0.486 e. The minimum absolute atomic E-state index is 0.0620. The highest BCUT2D eigenvalue weighted by molar-refractivity contribution is 6.30. The molecule has 0 aliphatic carbocycles. The molecule has 1 amide bonds. The molecular weight excluding hydrogens is 342 g/mol. The van der Waals surface area contributed by atoms with Crippen LogP contribution in [0.3, 0.4) is 0 Å². The lowest BCUT2D eigenvalue weighted by atomic mass is 10.1. The van der Waals surface area contributed by atoms with Gasteiger partial charge in [0.15, 0.2) is 18.1 Å². The summed E-state index contributed by atoms with van der Waals surface area (Å²) >= 11 is 6.00. The molecule has 1 N–H and O–H groups in total. The molecular formula is C19H20ClNO4. The average molecular weight is 362 g/mol. The second-order valence-electron chi connectivity index (χ2n) is 5.96. The molecule has 132 valence electrons. The molecule has 5 nitrogen and oxygen atoms in total. The van der Waals surface area contributed by atoms with Crippen molar-refractivity contribution < 1.29 is 19.0 Å². The summed E-state index contributed by atoms with van der Waals surface area (Å²) in [5, 5.41) is 3.46. The number of hydrogen-bond donors (Lipinski definition) is 1. The molecule has 0 saturated heterocycles. The van der Waals surface area contributed by atoms with Crippen molar-refractivity contribution in [3.63, 3.8) is 0 Å². The first-order valence-electron chi connectivity index (χ1n) is 8.07. The highest BCUT2D eigenvalue weighted by Gasteiger charge is 2.21. The molecule has 1 aliphatic heterocycles. The number of para-hydroxylation sites is 2. The Hall–Kier alpha value is -2.40. The van der Waals surface area contributed by atoms with Crippen LogP contribution in [0.25, 0.3) is 0 Å². The number of benzene rings is 2. The summed E-state index contributed by atoms with van der Waals surface area (Å²) in [6, 6.07) is 11.1. The number of carbonyl (C=O) groups is 1. The fraction of sp³-hybridized carbons (Fsp3) is 0.316. The number of aryl methyl sites for hydroxylation is 2. The summed E-state index contributed by atoms with van der Waals surface area (Å²) in [7, 11) is 0. The third kappa shape index (κ3) is 4.37. The molecule has 1 atom stereocenters. The zero-order chi connectivity index (χ0) is 17.8. The first-order valence-corrected chi connectivity index (χ1v) is 8.45. The number of nitrogens with one attached hydrogen (secondary N) is 1. The predicted molar refractivity (Wildman–Crippen MR) is 95.8 cm³/mol. The lowest BCUT2D eigenvalue weighted by molar-refractivity contribution is -0.123. The van der Waals surface area contributed by atoms with Crippen LogP contribution in [0.15, 0.2) is 36.4 Å². The van der Waals surface area contributed by atoms with Crippen LogP contribution < -0.4 is 19.5 Å². The van der Waals surface area contributed by atoms with Crippen molar-refractivity contribution in [2.45, 2.75) is 20.0 Å². The third-order valence-corrected chi connectivity index (χ3v) is 4.09. The van der Waals surface area contributed by atoms with E-state index >= 15 is 0 Å². The molecule has 0 fully saturated rings. The van der Waals surface area contributed by atoms with Gasteiger partial charge in [0.1, 0.15) is 18.5 Å². The van der Waals surface area contributed by atoms with Crippen molar-refractivity contribution >= 4 is 17.5 Å². The molecule has 0 radical (unpaired) electrons. The Morgan fingerprint density at radius 1 is 1.24 bits per heavy atom. The first kappa shape index (κ1) is 17.4. The van der Waals surface area contributed by atoms with E-state index in [0.29, 0.717) is 29.7 Å². The normalized spacial score (nSPS) is 15.6. The SMILES string of the molecule is Cc1cc(Cl)cc(C)c1OCC(=O)NCC1COc2ccccc2O1. The number of hydrogen-bond acceptors (Lipinski definition) is 4. The first-order chi connectivity index (χ1) is 12.0. The Morgan fingerprint density at radius 2 is 1.92 bits per heavy atom. The van der Waals surface area contributed by atoms with Gasteiger partial charge in [0.05, 0.1) is 6.54 Å². The standard InChI is InChI=1S/C19H20ClNO4/c1-12-7-14(20)8-13(2)19(12)24-11-18(22)21-9-15-10-23-16-5-3-4-6-17(16)25-15/h3-8,15H,9-11H2,1-2H3,(H,21,22). The van der Waals surface area contributed by atoms with Crippen molar-refractivity contribution in [3.8, 4) is 17.2 Å². The topological polar surface area (TPSA) is 56.8 Å². The van der Waals surface area contributed by atoms with E-state index in [9.17, 15) is 4.79 Å². The summed E-state index contributed by atoms with van der Waals surface area (Å²) in [5.74, 6) is 1.89. The Morgan fingerprint density at radius 3 is 2.64 bits per heavy atom. The highest BCUT2D eigenvalue weighted by Crippen LogP contribution is 2.30. The van der Waals surface area contributed by atoms with Crippen molar-refractivity contribution in [1.29, 1.82) is 0 Å². The molecule has 6 heteroatoms. The van der Waals surface area contributed by atoms with Gasteiger partial charge in [-0.15, -0.1) is 0 Å². The Kier molecular flexibility index (Phi) is 5.34. The van der Waals surface area contributed by atoms with Gasteiger partial charge >= 0.3 is 0 Å². The average Bonchev–Trinajstić information content (AvgIpc) is 2.59. The molecule has 0 saturated carbocycles. The molecule has 2 aromatic rings. The summed E-state index contributed by atoms with van der Waals surface area (Å²) in [4.78, 5) is 12.0. The van der Waals surface area contributed by atoms with Crippen LogP contribution in [0.4, 0.5) is 0 Å². The van der Waals surface area contributed by atoms with Gasteiger partial charge in [-0.2, -0.15) is 0 Å². The number of rotatable bonds is 5. The van der Waals surface area contributed by atoms with Crippen molar-refractivity contribution in [2.24, 2.45) is 0 Å². The molecule has 0 spiro atoms. The molecule has 1 heterocycles. The Labute approximate surface area is 151 Å². The number of ether oxygens (including phenoxy) is 3. The van der Waals surface area contributed by atoms with E-state index in [4.69, 9.17) is 25.8 Å². The summed E-state index contributed by atoms with van der Waals surface area (Å²) in [6.45, 7) is 4.49. The van der Waals surface area contributed by atoms with Crippen molar-refractivity contribution in [1.82, 2.24) is 5.32 Å². The van der Waals surface area contributed by atoms with Gasteiger partial charge in [0, 0.05) is 5.02 Å². The van der Waals surface area contributed by atoms with Crippen molar-refractivity contribution in [2.75, 3.05) is 19.8 Å². The van der Waals surface area contributed by atoms with E-state index in [1.807, 2.05) is 50.2 Å². The van der Waals surface area contributed by atoms with Gasteiger partial charge in [-0.25, -0.2) is 0 Å². The smallest absolute Gasteiger partial charge is 0.258 e. The largest absolute Gasteiger partial charge is 0.486 e. The molecule has 1 unspecified atom stereocenters. The maximum atomic E-state index is 12.0. The lowest BCUT2D eigenvalue weighted by Crippen LogP contribution is -2.42. The molecule has 1 aliphatic rings. The van der Waals surface area contributed by atoms with Crippen LogP contribution in [-0.2, 0) is 4.79 Å². The lowest BCUT2D eigenvalue weighted by Gasteiger charge is -2.26. The number of amides is 1. The summed E-state index contributed by atoms with van der Waals surface area (Å²) in [6.07, 6.45) is -0.224. The predicted octanol–water partition coefficient (Wildman–Crippen LogP) is 3.29. The highest BCUT2D eigenvalue weighted by atomic mass is 35.5. The van der Waals surface area contributed by atoms with Gasteiger partial charge in [-0.3, -0.25) is 4.79 Å². The monoisotopic (exact) mass is 361 g/mol. The van der Waals surface area contributed by atoms with E-state index < -0.39 is 0 Å². The van der Waals surface area contributed by atoms with E-state index in [1.54, 1.807) is 0 Å². The van der Waals surface area contributed by atoms with Crippen LogP contribution in [0.5, 0.6) is 17.2 Å². The van der Waals surface area contributed by atoms with Crippen LogP contribution in [0.1, 0.15) is 11.1 Å². The van der Waals surface area contributed by atoms with Gasteiger partial charge in [-0.05, 0) is 49.2 Å². The molecule has 2 aromatic carbocycles. The summed E-state index contributed by atoms with van der Waals surface area (Å²) < 4.78 is 17.1. The van der Waals surface area contributed by atoms with Gasteiger partial charge < -0.3 is 19.5 Å². The van der Waals surface area contributed by atoms with Crippen LogP contribution in [0.2, 0.25) is 5.02 Å². The zero-order valence-corrected chi connectivity index (χ0v) is 14.9. The molecule has 0 aromatic heterocycles. The van der Waals surface area contributed by atoms with E-state index in [2.05, 4.69) is 5.32 Å². The second-order valence-corrected chi connectivity index (χ2v) is 6.40. The van der Waals surface area contributed by atoms with Gasteiger partial charge in [0.2, 0.25) is 0 Å². The molecule has 25 heavy (non-hydrogen) atoms. The zero-order valence-electron chi connectivity index (χ0n) is 14.2. The Balaban J connectivity index is 1.48. The Bertz CT molecular complexity index is 755. The maximum Gasteiger partial charge on any atom is 0.258 e. The number of fused-ring (bicyclic) bond motifs is 1. The summed E-state index contributed by atoms with van der Waals surface area (Å²) in [5.41, 5.74) is 1.80. The number of halogens is 1. The minimum atomic E-state index is -0.224. The fourth-order valence-electron chi connectivity index (χ4n) is 2.71. The third-order valence-electron chi connectivity index (χ3n) is 3.87. The van der Waals surface area contributed by atoms with Crippen molar-refractivity contribution in [3.05, 3.63) is 52.5 Å². The second kappa shape index (κ2) is 7.66. The van der Waals surface area contributed by atoms with E-state index in [0.717, 1.165) is 16.9 Å². The molecule has 0 bridgehead atoms. The number of carbonyl (C=O) groups excluding carboxylic acids is 1. The molecule has 3 rings (SSSR count). The van der Waals surface area contributed by atoms with E-state index in [1.165, 1.54) is 0 Å². The van der Waals surface area contributed by atoms with Crippen LogP contribution in [0, 0.1) is 13.8 Å². The van der Waals surface area contributed by atoms with Crippen LogP contribution in [-0.4, -0.2) is 31.8 Å². The van der Waals surface area contributed by atoms with Gasteiger partial charge in [0.25, 0.3) is 5.91 Å². The maximum absolute atomic E-state index is 12.0. The fourth-order valence-corrected chi connectivity index (χ4v) is 3.03. The van der Waals surface area contributed by atoms with E-state index in [-0.39, 0.29) is 18.6 Å². The quantitative estimate of drug-likeness (QED) is 0.887.